The topological polar surface area (TPSA) is 60.2 Å². The molecule has 1 aromatic heterocycles. The number of hydrogen-bond acceptors (Lipinski definition) is 5. The minimum absolute atomic E-state index is 0.0460. The van der Waals surface area contributed by atoms with Gasteiger partial charge in [-0.25, -0.2) is 0 Å². The Kier molecular flexibility index (Phi) is 7.01. The van der Waals surface area contributed by atoms with E-state index in [1.807, 2.05) is 0 Å². The van der Waals surface area contributed by atoms with Crippen molar-refractivity contribution in [1.82, 2.24) is 15.5 Å². The summed E-state index contributed by atoms with van der Waals surface area (Å²) in [5.74, 6) is 1.44. The molecule has 1 aliphatic heterocycles. The van der Waals surface area contributed by atoms with Crippen molar-refractivity contribution in [2.24, 2.45) is 0 Å². The normalized spacial score (nSPS) is 19.4. The summed E-state index contributed by atoms with van der Waals surface area (Å²) >= 11 is 0. The standard InChI is InChI=1S/C15H27N3O2/c1-2-3-4-5-6-7-8-9-14-17-15(18-20-14)13-12-16-10-11-19-13/h13,16H,2-12H2,1H3. The second-order valence-corrected chi connectivity index (χ2v) is 5.48. The van der Waals surface area contributed by atoms with Gasteiger partial charge in [-0.15, -0.1) is 0 Å². The monoisotopic (exact) mass is 281 g/mol. The Balaban J connectivity index is 1.60. The van der Waals surface area contributed by atoms with Crippen molar-refractivity contribution in [2.75, 3.05) is 19.7 Å². The molecule has 1 unspecified atom stereocenters. The van der Waals surface area contributed by atoms with Crippen LogP contribution < -0.4 is 5.32 Å². The van der Waals surface area contributed by atoms with Crippen molar-refractivity contribution >= 4 is 0 Å². The Morgan fingerprint density at radius 3 is 2.70 bits per heavy atom. The molecule has 0 saturated carbocycles. The third kappa shape index (κ3) is 5.21. The van der Waals surface area contributed by atoms with Gasteiger partial charge in [0.1, 0.15) is 6.10 Å². The molecule has 0 spiro atoms. The molecular weight excluding hydrogens is 254 g/mol. The highest BCUT2D eigenvalue weighted by Gasteiger charge is 2.21. The summed E-state index contributed by atoms with van der Waals surface area (Å²) in [6.45, 7) is 4.64. The lowest BCUT2D eigenvalue weighted by Gasteiger charge is -2.20. The summed E-state index contributed by atoms with van der Waals surface area (Å²) in [5, 5.41) is 7.30. The first kappa shape index (κ1) is 15.4. The zero-order valence-electron chi connectivity index (χ0n) is 12.6. The third-order valence-corrected chi connectivity index (χ3v) is 3.69. The summed E-state index contributed by atoms with van der Waals surface area (Å²) in [7, 11) is 0. The molecule has 1 saturated heterocycles. The lowest BCUT2D eigenvalue weighted by molar-refractivity contribution is 0.0208. The second kappa shape index (κ2) is 9.08. The number of unbranched alkanes of at least 4 members (excludes halogenated alkanes) is 6. The predicted molar refractivity (Wildman–Crippen MR) is 77.6 cm³/mol. The molecule has 5 heteroatoms. The number of nitrogens with zero attached hydrogens (tertiary/aromatic N) is 2. The molecule has 20 heavy (non-hydrogen) atoms. The van der Waals surface area contributed by atoms with E-state index in [9.17, 15) is 0 Å². The molecular formula is C15H27N3O2. The minimum Gasteiger partial charge on any atom is -0.367 e. The molecule has 2 rings (SSSR count). The first-order valence-electron chi connectivity index (χ1n) is 8.05. The quantitative estimate of drug-likeness (QED) is 0.705. The molecule has 5 nitrogen and oxygen atoms in total. The van der Waals surface area contributed by atoms with E-state index in [1.54, 1.807) is 0 Å². The molecule has 0 aliphatic carbocycles. The molecule has 2 heterocycles. The van der Waals surface area contributed by atoms with Crippen molar-refractivity contribution in [3.63, 3.8) is 0 Å². The third-order valence-electron chi connectivity index (χ3n) is 3.69. The van der Waals surface area contributed by atoms with Crippen LogP contribution in [0.15, 0.2) is 4.52 Å². The minimum atomic E-state index is -0.0460. The molecule has 1 atom stereocenters. The number of nitrogens with one attached hydrogen (secondary N) is 1. The highest BCUT2D eigenvalue weighted by molar-refractivity contribution is 4.93. The van der Waals surface area contributed by atoms with Gasteiger partial charge in [0.15, 0.2) is 0 Å². The van der Waals surface area contributed by atoms with Crippen LogP contribution in [0.25, 0.3) is 0 Å². The van der Waals surface area contributed by atoms with Crippen molar-refractivity contribution in [1.29, 1.82) is 0 Å². The maximum absolute atomic E-state index is 5.61. The average molecular weight is 281 g/mol. The molecule has 0 radical (unpaired) electrons. The van der Waals surface area contributed by atoms with Gasteiger partial charge in [-0.2, -0.15) is 4.98 Å². The number of morpholine rings is 1. The van der Waals surface area contributed by atoms with Crippen molar-refractivity contribution in [3.8, 4) is 0 Å². The summed E-state index contributed by atoms with van der Waals surface area (Å²) in [5.41, 5.74) is 0. The fraction of sp³-hybridized carbons (Fsp3) is 0.867. The van der Waals surface area contributed by atoms with Crippen LogP contribution in [0.3, 0.4) is 0 Å². The van der Waals surface area contributed by atoms with E-state index in [0.717, 1.165) is 31.8 Å². The van der Waals surface area contributed by atoms with Crippen LogP contribution in [-0.2, 0) is 11.2 Å². The SMILES string of the molecule is CCCCCCCCCc1nc(C2CNCCO2)no1. The van der Waals surface area contributed by atoms with E-state index < -0.39 is 0 Å². The molecule has 0 bridgehead atoms. The van der Waals surface area contributed by atoms with Crippen LogP contribution in [-0.4, -0.2) is 29.8 Å². The lowest BCUT2D eigenvalue weighted by atomic mass is 10.1. The smallest absolute Gasteiger partial charge is 0.226 e. The summed E-state index contributed by atoms with van der Waals surface area (Å²) in [4.78, 5) is 4.44. The van der Waals surface area contributed by atoms with E-state index in [2.05, 4.69) is 22.4 Å². The predicted octanol–water partition coefficient (Wildman–Crippen LogP) is 3.02. The second-order valence-electron chi connectivity index (χ2n) is 5.48. The van der Waals surface area contributed by atoms with Gasteiger partial charge >= 0.3 is 0 Å². The molecule has 0 amide bonds. The van der Waals surface area contributed by atoms with Crippen molar-refractivity contribution < 1.29 is 9.26 Å². The van der Waals surface area contributed by atoms with Crippen LogP contribution in [0.4, 0.5) is 0 Å². The Labute approximate surface area is 121 Å². The Hall–Kier alpha value is -0.940. The van der Waals surface area contributed by atoms with Crippen molar-refractivity contribution in [2.45, 2.75) is 64.4 Å². The molecule has 1 aliphatic rings. The fourth-order valence-corrected chi connectivity index (χ4v) is 2.46. The zero-order valence-corrected chi connectivity index (χ0v) is 12.6. The maximum Gasteiger partial charge on any atom is 0.226 e. The number of rotatable bonds is 9. The summed E-state index contributed by atoms with van der Waals surface area (Å²) < 4.78 is 10.9. The zero-order chi connectivity index (χ0) is 14.0. The van der Waals surface area contributed by atoms with Crippen LogP contribution in [0.2, 0.25) is 0 Å². The maximum atomic E-state index is 5.61. The van der Waals surface area contributed by atoms with Gasteiger partial charge in [0.05, 0.1) is 6.61 Å². The largest absolute Gasteiger partial charge is 0.367 e. The first-order valence-corrected chi connectivity index (χ1v) is 8.05. The summed E-state index contributed by atoms with van der Waals surface area (Å²) in [6, 6.07) is 0. The average Bonchev–Trinajstić information content (AvgIpc) is 2.96. The molecule has 1 N–H and O–H groups in total. The van der Waals surface area contributed by atoms with E-state index in [-0.39, 0.29) is 6.10 Å². The van der Waals surface area contributed by atoms with Gasteiger partial charge in [0.2, 0.25) is 11.7 Å². The number of ether oxygens (including phenoxy) is 1. The van der Waals surface area contributed by atoms with Gasteiger partial charge in [-0.05, 0) is 6.42 Å². The number of aromatic nitrogens is 2. The van der Waals surface area contributed by atoms with E-state index in [0.29, 0.717) is 12.4 Å². The first-order chi connectivity index (χ1) is 9.90. The Morgan fingerprint density at radius 1 is 1.15 bits per heavy atom. The van der Waals surface area contributed by atoms with Crippen LogP contribution in [0.1, 0.15) is 69.7 Å². The Morgan fingerprint density at radius 2 is 1.95 bits per heavy atom. The Bertz CT molecular complexity index is 362. The van der Waals surface area contributed by atoms with Gasteiger partial charge in [-0.1, -0.05) is 50.6 Å². The van der Waals surface area contributed by atoms with E-state index >= 15 is 0 Å². The highest BCUT2D eigenvalue weighted by Crippen LogP contribution is 2.16. The molecule has 1 fully saturated rings. The van der Waals surface area contributed by atoms with Gasteiger partial charge in [-0.3, -0.25) is 0 Å². The van der Waals surface area contributed by atoms with E-state index in [1.165, 1.54) is 38.5 Å². The van der Waals surface area contributed by atoms with E-state index in [4.69, 9.17) is 9.26 Å². The highest BCUT2D eigenvalue weighted by atomic mass is 16.5. The number of aryl methyl sites for hydroxylation is 1. The van der Waals surface area contributed by atoms with Crippen LogP contribution in [0.5, 0.6) is 0 Å². The number of hydrogen-bond donors (Lipinski definition) is 1. The van der Waals surface area contributed by atoms with Gasteiger partial charge in [0.25, 0.3) is 0 Å². The molecule has 1 aromatic rings. The molecule has 0 aromatic carbocycles. The summed E-state index contributed by atoms with van der Waals surface area (Å²) in [6.07, 6.45) is 9.94. The molecule has 114 valence electrons. The fourth-order valence-electron chi connectivity index (χ4n) is 2.46. The van der Waals surface area contributed by atoms with Gasteiger partial charge < -0.3 is 14.6 Å². The lowest BCUT2D eigenvalue weighted by Crippen LogP contribution is -2.33. The van der Waals surface area contributed by atoms with Crippen LogP contribution in [0, 0.1) is 0 Å². The van der Waals surface area contributed by atoms with Gasteiger partial charge in [0, 0.05) is 19.5 Å². The van der Waals surface area contributed by atoms with Crippen LogP contribution >= 0.6 is 0 Å². The van der Waals surface area contributed by atoms with Crippen molar-refractivity contribution in [3.05, 3.63) is 11.7 Å².